The molecule has 14 unspecified atom stereocenters. The number of hydrogen-bond acceptors (Lipinski definition) is 16. The summed E-state index contributed by atoms with van der Waals surface area (Å²) in [6.07, 6.45) is -15.8. The highest BCUT2D eigenvalue weighted by Gasteiger charge is 2.55. The van der Waals surface area contributed by atoms with Gasteiger partial charge in [-0.05, 0) is 58.7 Å². The Hall–Kier alpha value is -4.72. The van der Waals surface area contributed by atoms with Gasteiger partial charge in [0.1, 0.15) is 83.3 Å². The highest BCUT2D eigenvalue weighted by molar-refractivity contribution is 5.68. The summed E-state index contributed by atoms with van der Waals surface area (Å²) in [5.41, 5.74) is 3.40. The van der Waals surface area contributed by atoms with Gasteiger partial charge < -0.3 is 80.2 Å². The largest absolute Gasteiger partial charge is 0.508 e. The topological polar surface area (TPSA) is 280 Å². The van der Waals surface area contributed by atoms with E-state index in [1.165, 1.54) is 36.4 Å². The maximum absolute atomic E-state index is 11.9. The van der Waals surface area contributed by atoms with Gasteiger partial charge in [-0.2, -0.15) is 0 Å². The van der Waals surface area contributed by atoms with Gasteiger partial charge >= 0.3 is 0 Å². The third-order valence-electron chi connectivity index (χ3n) is 11.5. The third-order valence-corrected chi connectivity index (χ3v) is 11.5. The highest BCUT2D eigenvalue weighted by Crippen LogP contribution is 2.69. The monoisotopic (exact) mass is 778 g/mol. The van der Waals surface area contributed by atoms with E-state index in [4.69, 9.17) is 18.9 Å². The van der Waals surface area contributed by atoms with Crippen LogP contribution in [0.15, 0.2) is 72.8 Å². The first-order chi connectivity index (χ1) is 26.8. The SMILES string of the molecule is OCC1OC(Oc2cc(O)c3c(c2)C2C(c4ccc(O)cc4)c4c(O)cc(OC5OC(CO)C(O)C(O)C5O)cc4C2C3c2ccc(O)cc2)C(O)C(O)C1O. The number of benzene rings is 4. The average molecular weight is 779 g/mol. The molecule has 4 aromatic carbocycles. The summed E-state index contributed by atoms with van der Waals surface area (Å²) in [5.74, 6) is -2.88. The van der Waals surface area contributed by atoms with Gasteiger partial charge in [0.15, 0.2) is 0 Å². The molecule has 0 aromatic heterocycles. The van der Waals surface area contributed by atoms with Crippen LogP contribution < -0.4 is 9.47 Å². The van der Waals surface area contributed by atoms with Crippen molar-refractivity contribution in [1.29, 1.82) is 0 Å². The van der Waals surface area contributed by atoms with E-state index in [1.54, 1.807) is 36.4 Å². The Bertz CT molecular complexity index is 1910. The van der Waals surface area contributed by atoms with Crippen molar-refractivity contribution in [3.63, 3.8) is 0 Å². The lowest BCUT2D eigenvalue weighted by atomic mass is 9.79. The molecule has 0 spiro atoms. The Morgan fingerprint density at radius 1 is 0.464 bits per heavy atom. The highest BCUT2D eigenvalue weighted by atomic mass is 16.7. The standard InChI is InChI=1S/C40H42O16/c41-13-25-33(47)35(49)37(51)39(55-25)53-19-9-21-29(23(45)11-19)27(15-1-5-17(43)6-2-15)31-22-10-20(54-40-38(52)36(50)34(48)26(14-42)56-40)12-24(46)30(22)28(32(21)31)16-3-7-18(44)8-4-16/h1-12,25-28,31-52H,13-14H2. The minimum absolute atomic E-state index is 0.00216. The van der Waals surface area contributed by atoms with Gasteiger partial charge in [0.2, 0.25) is 12.6 Å². The number of fused-ring (bicyclic) bond motifs is 5. The normalized spacial score (nSPS) is 34.7. The van der Waals surface area contributed by atoms with Crippen LogP contribution in [0.1, 0.15) is 57.1 Å². The van der Waals surface area contributed by atoms with Crippen molar-refractivity contribution in [3.8, 4) is 34.5 Å². The number of hydrogen-bond donors (Lipinski definition) is 12. The maximum Gasteiger partial charge on any atom is 0.229 e. The number of ether oxygens (including phenoxy) is 4. The Morgan fingerprint density at radius 2 is 0.821 bits per heavy atom. The fourth-order valence-corrected chi connectivity index (χ4v) is 8.86. The lowest BCUT2D eigenvalue weighted by Gasteiger charge is -2.39. The van der Waals surface area contributed by atoms with Crippen molar-refractivity contribution in [2.75, 3.05) is 13.2 Å². The molecule has 2 aliphatic heterocycles. The van der Waals surface area contributed by atoms with Crippen LogP contribution in [0.25, 0.3) is 0 Å². The van der Waals surface area contributed by atoms with Gasteiger partial charge in [0, 0.05) is 46.9 Å². The average Bonchev–Trinajstić information content (AvgIpc) is 3.69. The zero-order valence-corrected chi connectivity index (χ0v) is 29.4. The first-order valence-corrected chi connectivity index (χ1v) is 18.1. The van der Waals surface area contributed by atoms with Gasteiger partial charge in [0.25, 0.3) is 0 Å². The molecule has 14 atom stereocenters. The summed E-state index contributed by atoms with van der Waals surface area (Å²) >= 11 is 0. The van der Waals surface area contributed by atoms with Crippen LogP contribution in [0.3, 0.4) is 0 Å². The molecule has 2 fully saturated rings. The fourth-order valence-electron chi connectivity index (χ4n) is 8.86. The van der Waals surface area contributed by atoms with E-state index in [-0.39, 0.29) is 34.5 Å². The Kier molecular flexibility index (Phi) is 9.99. The Labute approximate surface area is 318 Å². The molecular formula is C40H42O16. The number of rotatable bonds is 8. The minimum atomic E-state index is -1.74. The zero-order valence-electron chi connectivity index (χ0n) is 29.4. The van der Waals surface area contributed by atoms with Gasteiger partial charge in [-0.1, -0.05) is 24.3 Å². The quantitative estimate of drug-likeness (QED) is 0.112. The summed E-state index contributed by atoms with van der Waals surface area (Å²) in [4.78, 5) is 0. The number of aliphatic hydroxyl groups excluding tert-OH is 8. The number of phenols is 4. The molecule has 0 bridgehead atoms. The second kappa shape index (κ2) is 14.7. The Balaban J connectivity index is 1.27. The van der Waals surface area contributed by atoms with Crippen molar-refractivity contribution >= 4 is 0 Å². The summed E-state index contributed by atoms with van der Waals surface area (Å²) < 4.78 is 23.1. The molecule has 4 aliphatic rings. The predicted molar refractivity (Wildman–Crippen MR) is 190 cm³/mol. The molecule has 8 rings (SSSR count). The van der Waals surface area contributed by atoms with E-state index >= 15 is 0 Å². The molecule has 2 aliphatic carbocycles. The predicted octanol–water partition coefficient (Wildman–Crippen LogP) is 0.0248. The molecule has 0 amide bonds. The van der Waals surface area contributed by atoms with Gasteiger partial charge in [-0.25, -0.2) is 0 Å². The smallest absolute Gasteiger partial charge is 0.229 e. The lowest BCUT2D eigenvalue weighted by molar-refractivity contribution is -0.277. The summed E-state index contributed by atoms with van der Waals surface area (Å²) in [6, 6.07) is 18.7. The molecule has 0 saturated carbocycles. The molecule has 16 heteroatoms. The van der Waals surface area contributed by atoms with Gasteiger partial charge in [-0.3, -0.25) is 0 Å². The maximum atomic E-state index is 11.9. The van der Waals surface area contributed by atoms with Crippen LogP contribution in [0.2, 0.25) is 0 Å². The summed E-state index contributed by atoms with van der Waals surface area (Å²) in [7, 11) is 0. The molecule has 298 valence electrons. The molecule has 16 nitrogen and oxygen atoms in total. The van der Waals surface area contributed by atoms with E-state index < -0.39 is 98.3 Å². The number of aliphatic hydroxyl groups is 8. The second-order valence-electron chi connectivity index (χ2n) is 14.7. The Morgan fingerprint density at radius 3 is 1.16 bits per heavy atom. The lowest BCUT2D eigenvalue weighted by Crippen LogP contribution is -2.60. The van der Waals surface area contributed by atoms with E-state index in [0.717, 1.165) is 0 Å². The van der Waals surface area contributed by atoms with Crippen molar-refractivity contribution in [2.45, 2.75) is 85.1 Å². The third kappa shape index (κ3) is 6.28. The second-order valence-corrected chi connectivity index (χ2v) is 14.7. The minimum Gasteiger partial charge on any atom is -0.508 e. The molecule has 0 radical (unpaired) electrons. The molecule has 2 heterocycles. The van der Waals surface area contributed by atoms with Crippen molar-refractivity contribution in [2.24, 2.45) is 0 Å². The van der Waals surface area contributed by atoms with Crippen LogP contribution in [0.4, 0.5) is 0 Å². The van der Waals surface area contributed by atoms with Crippen molar-refractivity contribution in [1.82, 2.24) is 0 Å². The van der Waals surface area contributed by atoms with Crippen LogP contribution >= 0.6 is 0 Å². The van der Waals surface area contributed by atoms with Gasteiger partial charge in [-0.15, -0.1) is 0 Å². The van der Waals surface area contributed by atoms with Crippen LogP contribution in [-0.2, 0) is 9.47 Å². The van der Waals surface area contributed by atoms with Gasteiger partial charge in [0.05, 0.1) is 13.2 Å². The van der Waals surface area contributed by atoms with Crippen LogP contribution in [0, 0.1) is 0 Å². The fraction of sp³-hybridized carbons (Fsp3) is 0.400. The molecular weight excluding hydrogens is 736 g/mol. The van der Waals surface area contributed by atoms with E-state index in [0.29, 0.717) is 33.4 Å². The van der Waals surface area contributed by atoms with E-state index in [9.17, 15) is 61.3 Å². The van der Waals surface area contributed by atoms with Crippen molar-refractivity contribution < 1.29 is 80.2 Å². The summed E-state index contributed by atoms with van der Waals surface area (Å²) in [6.45, 7) is -1.37. The first-order valence-electron chi connectivity index (χ1n) is 18.1. The molecule has 56 heavy (non-hydrogen) atoms. The van der Waals surface area contributed by atoms with Crippen LogP contribution in [-0.4, -0.2) is 136 Å². The van der Waals surface area contributed by atoms with E-state index in [1.807, 2.05) is 0 Å². The first kappa shape index (κ1) is 38.2. The van der Waals surface area contributed by atoms with Crippen molar-refractivity contribution in [3.05, 3.63) is 106 Å². The molecule has 4 aromatic rings. The molecule has 2 saturated heterocycles. The molecule has 12 N–H and O–H groups in total. The van der Waals surface area contributed by atoms with E-state index in [2.05, 4.69) is 0 Å². The van der Waals surface area contributed by atoms with Crippen LogP contribution in [0.5, 0.6) is 34.5 Å². The number of aromatic hydroxyl groups is 4. The zero-order chi connectivity index (χ0) is 39.7. The summed E-state index contributed by atoms with van der Waals surface area (Å²) in [5, 5.41) is 126. The number of phenolic OH excluding ortho intramolecular Hbond substituents is 4.